The number of nitrogens with two attached hydrogens (primary N) is 1. The second-order valence-corrected chi connectivity index (χ2v) is 6.23. The van der Waals surface area contributed by atoms with Crippen molar-refractivity contribution in [3.05, 3.63) is 54.6 Å². The lowest BCUT2D eigenvalue weighted by Crippen LogP contribution is -1.84. The molecular weight excluding hydrogens is 284 g/mol. The number of nitrogen functional groups attached to an aromatic ring is 1. The van der Waals surface area contributed by atoms with Gasteiger partial charge in [-0.1, -0.05) is 53.8 Å². The molecular formula is C16H14N2S2. The molecule has 4 heteroatoms. The van der Waals surface area contributed by atoms with Crippen molar-refractivity contribution in [2.75, 3.05) is 12.0 Å². The zero-order valence-corrected chi connectivity index (χ0v) is 12.7. The van der Waals surface area contributed by atoms with Crippen LogP contribution in [0.1, 0.15) is 0 Å². The Morgan fingerprint density at radius 3 is 2.30 bits per heavy atom. The zero-order chi connectivity index (χ0) is 13.9. The van der Waals surface area contributed by atoms with E-state index in [9.17, 15) is 0 Å². The first-order chi connectivity index (χ1) is 9.78. The van der Waals surface area contributed by atoms with E-state index in [0.29, 0.717) is 5.13 Å². The Balaban J connectivity index is 2.09. The van der Waals surface area contributed by atoms with E-state index in [1.807, 2.05) is 18.2 Å². The van der Waals surface area contributed by atoms with Gasteiger partial charge in [-0.05, 0) is 24.0 Å². The Labute approximate surface area is 126 Å². The van der Waals surface area contributed by atoms with E-state index in [0.717, 1.165) is 21.7 Å². The fraction of sp³-hybridized carbons (Fsp3) is 0.0625. The van der Waals surface area contributed by atoms with E-state index in [-0.39, 0.29) is 0 Å². The molecule has 0 aliphatic rings. The first-order valence-corrected chi connectivity index (χ1v) is 8.28. The molecule has 2 N–H and O–H groups in total. The summed E-state index contributed by atoms with van der Waals surface area (Å²) in [6, 6.07) is 18.7. The molecule has 3 aromatic rings. The molecule has 0 aliphatic heterocycles. The fourth-order valence-electron chi connectivity index (χ4n) is 2.07. The quantitative estimate of drug-likeness (QED) is 0.707. The van der Waals surface area contributed by atoms with E-state index in [4.69, 9.17) is 5.73 Å². The van der Waals surface area contributed by atoms with E-state index in [2.05, 4.69) is 47.6 Å². The van der Waals surface area contributed by atoms with Crippen molar-refractivity contribution < 1.29 is 0 Å². The number of thioether (sulfide) groups is 1. The van der Waals surface area contributed by atoms with Crippen molar-refractivity contribution >= 4 is 28.2 Å². The van der Waals surface area contributed by atoms with Gasteiger partial charge in [0.2, 0.25) is 0 Å². The smallest absolute Gasteiger partial charge is 0.181 e. The summed E-state index contributed by atoms with van der Waals surface area (Å²) >= 11 is 3.27. The summed E-state index contributed by atoms with van der Waals surface area (Å²) in [5.74, 6) is 0. The number of anilines is 1. The molecule has 100 valence electrons. The van der Waals surface area contributed by atoms with Gasteiger partial charge in [-0.2, -0.15) is 0 Å². The van der Waals surface area contributed by atoms with Crippen LogP contribution >= 0.6 is 23.1 Å². The third-order valence-electron chi connectivity index (χ3n) is 3.04. The Morgan fingerprint density at radius 2 is 1.65 bits per heavy atom. The molecule has 3 rings (SSSR count). The molecule has 0 saturated carbocycles. The SMILES string of the molecule is CSc1ccc(-c2nc(N)sc2-c2ccccc2)cc1. The lowest BCUT2D eigenvalue weighted by atomic mass is 10.1. The number of thiazole rings is 1. The van der Waals surface area contributed by atoms with Gasteiger partial charge in [-0.15, -0.1) is 11.8 Å². The first kappa shape index (κ1) is 13.2. The summed E-state index contributed by atoms with van der Waals surface area (Å²) in [4.78, 5) is 6.88. The van der Waals surface area contributed by atoms with E-state index in [1.165, 1.54) is 16.2 Å². The average Bonchev–Trinajstić information content (AvgIpc) is 2.90. The van der Waals surface area contributed by atoms with Crippen molar-refractivity contribution in [1.29, 1.82) is 0 Å². The monoisotopic (exact) mass is 298 g/mol. The van der Waals surface area contributed by atoms with Crippen LogP contribution in [0.5, 0.6) is 0 Å². The van der Waals surface area contributed by atoms with Crippen molar-refractivity contribution in [1.82, 2.24) is 4.98 Å². The van der Waals surface area contributed by atoms with Gasteiger partial charge in [0.1, 0.15) is 0 Å². The van der Waals surface area contributed by atoms with Crippen LogP contribution < -0.4 is 5.73 Å². The standard InChI is InChI=1S/C16H14N2S2/c1-19-13-9-7-11(8-10-13)14-15(20-16(17)18-14)12-5-3-2-4-6-12/h2-10H,1H3,(H2,17,18). The van der Waals surface area contributed by atoms with Crippen LogP contribution in [-0.4, -0.2) is 11.2 Å². The van der Waals surface area contributed by atoms with Gasteiger partial charge < -0.3 is 5.73 Å². The maximum Gasteiger partial charge on any atom is 0.181 e. The normalized spacial score (nSPS) is 10.7. The molecule has 0 radical (unpaired) electrons. The molecule has 0 unspecified atom stereocenters. The summed E-state index contributed by atoms with van der Waals surface area (Å²) in [6.07, 6.45) is 2.07. The molecule has 1 aromatic heterocycles. The topological polar surface area (TPSA) is 38.9 Å². The molecule has 2 aromatic carbocycles. The van der Waals surface area contributed by atoms with Crippen LogP contribution in [0.3, 0.4) is 0 Å². The minimum absolute atomic E-state index is 0.604. The van der Waals surface area contributed by atoms with Gasteiger partial charge in [-0.25, -0.2) is 4.98 Å². The van der Waals surface area contributed by atoms with Crippen LogP contribution in [0.25, 0.3) is 21.7 Å². The van der Waals surface area contributed by atoms with Crippen LogP contribution in [-0.2, 0) is 0 Å². The van der Waals surface area contributed by atoms with Gasteiger partial charge in [0.05, 0.1) is 10.6 Å². The molecule has 0 aliphatic carbocycles. The van der Waals surface area contributed by atoms with Gasteiger partial charge >= 0.3 is 0 Å². The molecule has 0 saturated heterocycles. The number of hydrogen-bond acceptors (Lipinski definition) is 4. The highest BCUT2D eigenvalue weighted by Crippen LogP contribution is 2.38. The van der Waals surface area contributed by atoms with E-state index < -0.39 is 0 Å². The predicted octanol–water partition coefficient (Wildman–Crippen LogP) is 4.78. The lowest BCUT2D eigenvalue weighted by molar-refractivity contribution is 1.39. The highest BCUT2D eigenvalue weighted by atomic mass is 32.2. The summed E-state index contributed by atoms with van der Waals surface area (Å²) in [5.41, 5.74) is 9.14. The highest BCUT2D eigenvalue weighted by Gasteiger charge is 2.13. The second-order valence-electron chi connectivity index (χ2n) is 4.32. The van der Waals surface area contributed by atoms with Crippen LogP contribution in [0, 0.1) is 0 Å². The predicted molar refractivity (Wildman–Crippen MR) is 89.2 cm³/mol. The third kappa shape index (κ3) is 2.57. The molecule has 0 spiro atoms. The van der Waals surface area contributed by atoms with Crippen LogP contribution in [0.4, 0.5) is 5.13 Å². The molecule has 0 atom stereocenters. The van der Waals surface area contributed by atoms with Crippen molar-refractivity contribution in [2.45, 2.75) is 4.90 Å². The number of hydrogen-bond donors (Lipinski definition) is 1. The van der Waals surface area contributed by atoms with Gasteiger partial charge in [0.25, 0.3) is 0 Å². The summed E-state index contributed by atoms with van der Waals surface area (Å²) in [6.45, 7) is 0. The average molecular weight is 298 g/mol. The molecule has 20 heavy (non-hydrogen) atoms. The molecule has 0 fully saturated rings. The Morgan fingerprint density at radius 1 is 0.950 bits per heavy atom. The number of nitrogens with zero attached hydrogens (tertiary/aromatic N) is 1. The summed E-state index contributed by atoms with van der Waals surface area (Å²) < 4.78 is 0. The minimum atomic E-state index is 0.604. The maximum absolute atomic E-state index is 5.91. The van der Waals surface area contributed by atoms with E-state index >= 15 is 0 Å². The number of aromatic nitrogens is 1. The largest absolute Gasteiger partial charge is 0.375 e. The van der Waals surface area contributed by atoms with Crippen LogP contribution in [0.15, 0.2) is 59.5 Å². The third-order valence-corrected chi connectivity index (χ3v) is 4.72. The molecule has 2 nitrogen and oxygen atoms in total. The molecule has 0 amide bonds. The van der Waals surface area contributed by atoms with Gasteiger partial charge in [-0.3, -0.25) is 0 Å². The van der Waals surface area contributed by atoms with Gasteiger partial charge in [0.15, 0.2) is 5.13 Å². The first-order valence-electron chi connectivity index (χ1n) is 6.24. The highest BCUT2D eigenvalue weighted by molar-refractivity contribution is 7.98. The van der Waals surface area contributed by atoms with E-state index in [1.54, 1.807) is 11.8 Å². The fourth-order valence-corrected chi connectivity index (χ4v) is 3.33. The lowest BCUT2D eigenvalue weighted by Gasteiger charge is -2.03. The molecule has 0 bridgehead atoms. The van der Waals surface area contributed by atoms with Crippen molar-refractivity contribution in [3.8, 4) is 21.7 Å². The van der Waals surface area contributed by atoms with Crippen molar-refractivity contribution in [2.24, 2.45) is 0 Å². The maximum atomic E-state index is 5.91. The summed E-state index contributed by atoms with van der Waals surface area (Å²) in [5, 5.41) is 0.604. The number of rotatable bonds is 3. The van der Waals surface area contributed by atoms with Crippen molar-refractivity contribution in [3.63, 3.8) is 0 Å². The van der Waals surface area contributed by atoms with Crippen LogP contribution in [0.2, 0.25) is 0 Å². The van der Waals surface area contributed by atoms with Gasteiger partial charge in [0, 0.05) is 10.5 Å². The second kappa shape index (κ2) is 5.69. The Bertz CT molecular complexity index is 703. The summed E-state index contributed by atoms with van der Waals surface area (Å²) in [7, 11) is 0. The Kier molecular flexibility index (Phi) is 3.76. The molecule has 1 heterocycles. The Hall–Kier alpha value is -1.78. The zero-order valence-electron chi connectivity index (χ0n) is 11.0. The number of benzene rings is 2. The minimum Gasteiger partial charge on any atom is -0.375 e.